The molecule has 25 heavy (non-hydrogen) atoms. The second-order valence-corrected chi connectivity index (χ2v) is 7.89. The summed E-state index contributed by atoms with van der Waals surface area (Å²) >= 11 is 0. The first-order valence-electron chi connectivity index (χ1n) is 8.27. The number of hydroxylamine groups is 1. The zero-order chi connectivity index (χ0) is 18.3. The summed E-state index contributed by atoms with van der Waals surface area (Å²) in [6.07, 6.45) is 3.39. The van der Waals surface area contributed by atoms with Crippen molar-refractivity contribution in [1.82, 2.24) is 14.7 Å². The van der Waals surface area contributed by atoms with Crippen molar-refractivity contribution in [2.24, 2.45) is 0 Å². The van der Waals surface area contributed by atoms with Crippen molar-refractivity contribution in [2.75, 3.05) is 39.8 Å². The Kier molecular flexibility index (Phi) is 7.18. The van der Waals surface area contributed by atoms with E-state index in [0.717, 1.165) is 30.2 Å². The predicted molar refractivity (Wildman–Crippen MR) is 92.0 cm³/mol. The van der Waals surface area contributed by atoms with Crippen LogP contribution in [0.15, 0.2) is 29.2 Å². The largest absolute Gasteiger partial charge is 0.497 e. The predicted octanol–water partition coefficient (Wildman–Crippen LogP) is 0.677. The van der Waals surface area contributed by atoms with E-state index in [1.165, 1.54) is 31.1 Å². The Labute approximate surface area is 148 Å². The lowest BCUT2D eigenvalue weighted by Gasteiger charge is -2.29. The number of amides is 1. The summed E-state index contributed by atoms with van der Waals surface area (Å²) in [5.41, 5.74) is 1.50. The van der Waals surface area contributed by atoms with E-state index in [4.69, 9.17) is 9.94 Å². The SMILES string of the molecule is COc1ccc(S(=O)(=O)N(CCN2CCCCC2)CC(=O)NO)cc1. The second kappa shape index (κ2) is 9.14. The van der Waals surface area contributed by atoms with E-state index in [-0.39, 0.29) is 11.4 Å². The molecule has 1 heterocycles. The van der Waals surface area contributed by atoms with Crippen molar-refractivity contribution in [3.8, 4) is 5.75 Å². The van der Waals surface area contributed by atoms with Crippen LogP contribution in [-0.4, -0.2) is 68.6 Å². The van der Waals surface area contributed by atoms with E-state index in [1.54, 1.807) is 12.1 Å². The molecule has 1 aliphatic heterocycles. The molecule has 8 nitrogen and oxygen atoms in total. The van der Waals surface area contributed by atoms with Crippen molar-refractivity contribution in [2.45, 2.75) is 24.2 Å². The van der Waals surface area contributed by atoms with Gasteiger partial charge in [-0.05, 0) is 50.2 Å². The molecule has 0 spiro atoms. The molecule has 1 aliphatic rings. The average Bonchev–Trinajstić information content (AvgIpc) is 2.65. The maximum absolute atomic E-state index is 12.9. The van der Waals surface area contributed by atoms with Gasteiger partial charge in [-0.2, -0.15) is 4.31 Å². The first-order valence-corrected chi connectivity index (χ1v) is 9.71. The molecular formula is C16H25N3O5S. The maximum Gasteiger partial charge on any atom is 0.258 e. The molecular weight excluding hydrogens is 346 g/mol. The monoisotopic (exact) mass is 371 g/mol. The smallest absolute Gasteiger partial charge is 0.258 e. The number of sulfonamides is 1. The molecule has 0 unspecified atom stereocenters. The Morgan fingerprint density at radius 2 is 1.88 bits per heavy atom. The van der Waals surface area contributed by atoms with E-state index in [1.807, 2.05) is 0 Å². The lowest BCUT2D eigenvalue weighted by Crippen LogP contribution is -2.44. The normalized spacial score (nSPS) is 16.0. The third kappa shape index (κ3) is 5.40. The molecule has 1 aromatic carbocycles. The van der Waals surface area contributed by atoms with Gasteiger partial charge in [-0.15, -0.1) is 0 Å². The number of piperidine rings is 1. The van der Waals surface area contributed by atoms with Crippen LogP contribution in [0.2, 0.25) is 0 Å². The summed E-state index contributed by atoms with van der Waals surface area (Å²) in [5.74, 6) is -0.220. The lowest BCUT2D eigenvalue weighted by molar-refractivity contribution is -0.129. The Hall–Kier alpha value is -1.68. The number of carbonyl (C=O) groups is 1. The molecule has 140 valence electrons. The molecule has 0 bridgehead atoms. The maximum atomic E-state index is 12.9. The summed E-state index contributed by atoms with van der Waals surface area (Å²) < 4.78 is 31.9. The van der Waals surface area contributed by atoms with E-state index in [0.29, 0.717) is 12.3 Å². The van der Waals surface area contributed by atoms with Crippen LogP contribution in [0.25, 0.3) is 0 Å². The number of nitrogens with one attached hydrogen (secondary N) is 1. The average molecular weight is 371 g/mol. The molecule has 1 fully saturated rings. The summed E-state index contributed by atoms with van der Waals surface area (Å²) in [7, 11) is -2.35. The molecule has 2 N–H and O–H groups in total. The van der Waals surface area contributed by atoms with E-state index < -0.39 is 22.5 Å². The van der Waals surface area contributed by atoms with Crippen LogP contribution in [0.3, 0.4) is 0 Å². The third-order valence-electron chi connectivity index (χ3n) is 4.26. The number of likely N-dealkylation sites (tertiary alicyclic amines) is 1. The Morgan fingerprint density at radius 1 is 1.24 bits per heavy atom. The summed E-state index contributed by atoms with van der Waals surface area (Å²) in [6, 6.07) is 6.00. The fourth-order valence-corrected chi connectivity index (χ4v) is 4.20. The number of hydrogen-bond donors (Lipinski definition) is 2. The van der Waals surface area contributed by atoms with Gasteiger partial charge in [-0.25, -0.2) is 13.9 Å². The highest BCUT2D eigenvalue weighted by molar-refractivity contribution is 7.89. The molecule has 0 aliphatic carbocycles. The fraction of sp³-hybridized carbons (Fsp3) is 0.562. The third-order valence-corrected chi connectivity index (χ3v) is 6.12. The molecule has 9 heteroatoms. The second-order valence-electron chi connectivity index (χ2n) is 5.95. The number of benzene rings is 1. The first kappa shape index (κ1) is 19.6. The summed E-state index contributed by atoms with van der Waals surface area (Å²) in [6.45, 7) is 2.17. The summed E-state index contributed by atoms with van der Waals surface area (Å²) in [5, 5.41) is 8.76. The Morgan fingerprint density at radius 3 is 2.44 bits per heavy atom. The molecule has 0 radical (unpaired) electrons. The van der Waals surface area contributed by atoms with Crippen LogP contribution < -0.4 is 10.2 Å². The van der Waals surface area contributed by atoms with Crippen molar-refractivity contribution < 1.29 is 23.2 Å². The highest BCUT2D eigenvalue weighted by Gasteiger charge is 2.27. The van der Waals surface area contributed by atoms with Gasteiger partial charge in [0.1, 0.15) is 5.75 Å². The van der Waals surface area contributed by atoms with Gasteiger partial charge >= 0.3 is 0 Å². The zero-order valence-corrected chi connectivity index (χ0v) is 15.2. The van der Waals surface area contributed by atoms with Crippen LogP contribution in [0.5, 0.6) is 5.75 Å². The Bertz CT molecular complexity index is 657. The summed E-state index contributed by atoms with van der Waals surface area (Å²) in [4.78, 5) is 13.8. The van der Waals surface area contributed by atoms with Crippen LogP contribution in [0, 0.1) is 0 Å². The standard InChI is InChI=1S/C16H25N3O5S/c1-24-14-5-7-15(8-6-14)25(22,23)19(13-16(20)17-21)12-11-18-9-3-2-4-10-18/h5-8,21H,2-4,9-13H2,1H3,(H,17,20). The molecule has 2 rings (SSSR count). The molecule has 0 aromatic heterocycles. The van der Waals surface area contributed by atoms with Crippen LogP contribution in [0.4, 0.5) is 0 Å². The van der Waals surface area contributed by atoms with Crippen molar-refractivity contribution in [1.29, 1.82) is 0 Å². The number of methoxy groups -OCH3 is 1. The van der Waals surface area contributed by atoms with Gasteiger partial charge in [-0.1, -0.05) is 6.42 Å². The van der Waals surface area contributed by atoms with Crippen LogP contribution in [0.1, 0.15) is 19.3 Å². The lowest BCUT2D eigenvalue weighted by atomic mass is 10.1. The highest BCUT2D eigenvalue weighted by Crippen LogP contribution is 2.19. The highest BCUT2D eigenvalue weighted by atomic mass is 32.2. The van der Waals surface area contributed by atoms with Crippen molar-refractivity contribution in [3.05, 3.63) is 24.3 Å². The van der Waals surface area contributed by atoms with Gasteiger partial charge in [0.15, 0.2) is 0 Å². The minimum absolute atomic E-state index is 0.0812. The fourth-order valence-electron chi connectivity index (χ4n) is 2.81. The first-order chi connectivity index (χ1) is 12.0. The minimum atomic E-state index is -3.85. The Balaban J connectivity index is 2.14. The van der Waals surface area contributed by atoms with E-state index in [2.05, 4.69) is 4.90 Å². The van der Waals surface area contributed by atoms with Crippen molar-refractivity contribution >= 4 is 15.9 Å². The minimum Gasteiger partial charge on any atom is -0.497 e. The van der Waals surface area contributed by atoms with Gasteiger partial charge in [0.05, 0.1) is 18.6 Å². The van der Waals surface area contributed by atoms with Crippen LogP contribution in [-0.2, 0) is 14.8 Å². The number of hydrogen-bond acceptors (Lipinski definition) is 6. The number of ether oxygens (including phenoxy) is 1. The molecule has 0 saturated carbocycles. The molecule has 0 atom stereocenters. The van der Waals surface area contributed by atoms with Gasteiger partial charge in [0.2, 0.25) is 10.0 Å². The van der Waals surface area contributed by atoms with Gasteiger partial charge in [0, 0.05) is 13.1 Å². The molecule has 1 saturated heterocycles. The topological polar surface area (TPSA) is 99.2 Å². The number of nitrogens with zero attached hydrogens (tertiary/aromatic N) is 2. The van der Waals surface area contributed by atoms with Gasteiger partial charge in [0.25, 0.3) is 5.91 Å². The van der Waals surface area contributed by atoms with Crippen molar-refractivity contribution in [3.63, 3.8) is 0 Å². The van der Waals surface area contributed by atoms with E-state index >= 15 is 0 Å². The van der Waals surface area contributed by atoms with Gasteiger partial charge < -0.3 is 9.64 Å². The molecule has 1 amide bonds. The number of rotatable bonds is 8. The number of carbonyl (C=O) groups excluding carboxylic acids is 1. The van der Waals surface area contributed by atoms with Gasteiger partial charge in [-0.3, -0.25) is 10.0 Å². The van der Waals surface area contributed by atoms with E-state index in [9.17, 15) is 13.2 Å². The van der Waals surface area contributed by atoms with Crippen LogP contribution >= 0.6 is 0 Å². The quantitative estimate of drug-likeness (QED) is 0.515. The molecule has 1 aromatic rings. The zero-order valence-electron chi connectivity index (χ0n) is 14.3.